The van der Waals surface area contributed by atoms with Gasteiger partial charge < -0.3 is 10.4 Å². The number of aliphatic hydroxyl groups excluding tert-OH is 1. The van der Waals surface area contributed by atoms with Crippen molar-refractivity contribution in [2.75, 3.05) is 6.61 Å². The number of benzene rings is 1. The number of nitrogens with one attached hydrogen (secondary N) is 1. The number of hydrogen-bond acceptors (Lipinski definition) is 2. The molecule has 1 unspecified atom stereocenters. The van der Waals surface area contributed by atoms with Gasteiger partial charge in [0.2, 0.25) is 0 Å². The van der Waals surface area contributed by atoms with Gasteiger partial charge in [-0.15, -0.1) is 0 Å². The van der Waals surface area contributed by atoms with Gasteiger partial charge in [-0.3, -0.25) is 0 Å². The van der Waals surface area contributed by atoms with Crippen LogP contribution in [0.1, 0.15) is 38.7 Å². The van der Waals surface area contributed by atoms with Crippen molar-refractivity contribution >= 4 is 0 Å². The third-order valence-corrected chi connectivity index (χ3v) is 3.41. The maximum absolute atomic E-state index is 9.89. The van der Waals surface area contributed by atoms with Crippen molar-refractivity contribution in [1.82, 2.24) is 5.32 Å². The molecule has 0 spiro atoms. The van der Waals surface area contributed by atoms with Crippen LogP contribution in [0.5, 0.6) is 0 Å². The summed E-state index contributed by atoms with van der Waals surface area (Å²) >= 11 is 0. The summed E-state index contributed by atoms with van der Waals surface area (Å²) in [6.07, 6.45) is 3.46. The van der Waals surface area contributed by atoms with Gasteiger partial charge in [0.25, 0.3) is 0 Å². The molecule has 1 aromatic carbocycles. The predicted octanol–water partition coefficient (Wildman–Crippen LogP) is 2.67. The summed E-state index contributed by atoms with van der Waals surface area (Å²) in [5.74, 6) is 0.564. The van der Waals surface area contributed by atoms with Crippen LogP contribution in [0.3, 0.4) is 0 Å². The van der Waals surface area contributed by atoms with Crippen LogP contribution in [0.4, 0.5) is 0 Å². The molecule has 94 valence electrons. The van der Waals surface area contributed by atoms with Crippen molar-refractivity contribution in [1.29, 1.82) is 0 Å². The molecule has 1 atom stereocenters. The molecule has 2 nitrogen and oxygen atoms in total. The van der Waals surface area contributed by atoms with Crippen molar-refractivity contribution in [3.05, 3.63) is 35.9 Å². The lowest BCUT2D eigenvalue weighted by Gasteiger charge is -2.35. The summed E-state index contributed by atoms with van der Waals surface area (Å²) in [6.45, 7) is 4.59. The Hall–Kier alpha value is -0.860. The van der Waals surface area contributed by atoms with Gasteiger partial charge in [0.1, 0.15) is 0 Å². The second-order valence-electron chi connectivity index (χ2n) is 5.62. The highest BCUT2D eigenvalue weighted by atomic mass is 16.3. The summed E-state index contributed by atoms with van der Waals surface area (Å²) in [4.78, 5) is 0. The first kappa shape index (κ1) is 12.6. The summed E-state index contributed by atoms with van der Waals surface area (Å²) in [7, 11) is 0. The normalized spacial score (nSPS) is 19.3. The number of aliphatic hydroxyl groups is 1. The van der Waals surface area contributed by atoms with Gasteiger partial charge in [0.05, 0.1) is 12.1 Å². The largest absolute Gasteiger partial charge is 0.394 e. The molecular weight excluding hydrogens is 210 g/mol. The van der Waals surface area contributed by atoms with Gasteiger partial charge in [-0.1, -0.05) is 44.2 Å². The van der Waals surface area contributed by atoms with E-state index in [1.165, 1.54) is 18.4 Å². The van der Waals surface area contributed by atoms with E-state index in [9.17, 15) is 5.11 Å². The monoisotopic (exact) mass is 233 g/mol. The first-order chi connectivity index (χ1) is 8.16. The van der Waals surface area contributed by atoms with E-state index in [0.717, 1.165) is 6.42 Å². The fourth-order valence-corrected chi connectivity index (χ4v) is 2.53. The molecule has 1 aromatic rings. The molecule has 2 heteroatoms. The predicted molar refractivity (Wildman–Crippen MR) is 70.8 cm³/mol. The van der Waals surface area contributed by atoms with E-state index in [1.54, 1.807) is 0 Å². The molecule has 1 aliphatic rings. The Morgan fingerprint density at radius 2 is 1.94 bits per heavy atom. The van der Waals surface area contributed by atoms with Crippen LogP contribution in [0, 0.1) is 5.92 Å². The Kier molecular flexibility index (Phi) is 3.85. The molecule has 2 N–H and O–H groups in total. The molecular formula is C15H23NO. The maximum atomic E-state index is 9.89. The molecule has 0 aromatic heterocycles. The second kappa shape index (κ2) is 5.19. The van der Waals surface area contributed by atoms with Crippen LogP contribution in [0.15, 0.2) is 30.3 Å². The topological polar surface area (TPSA) is 32.3 Å². The average molecular weight is 233 g/mol. The van der Waals surface area contributed by atoms with Crippen LogP contribution < -0.4 is 5.32 Å². The quantitative estimate of drug-likeness (QED) is 0.791. The molecule has 1 fully saturated rings. The van der Waals surface area contributed by atoms with Gasteiger partial charge in [-0.05, 0) is 30.7 Å². The molecule has 0 saturated heterocycles. The molecule has 1 aliphatic carbocycles. The van der Waals surface area contributed by atoms with E-state index in [-0.39, 0.29) is 12.1 Å². The van der Waals surface area contributed by atoms with E-state index in [4.69, 9.17) is 0 Å². The Balaban J connectivity index is 2.25. The average Bonchev–Trinajstić information content (AvgIpc) is 3.12. The number of hydrogen-bond donors (Lipinski definition) is 2. The highest BCUT2D eigenvalue weighted by molar-refractivity contribution is 5.25. The van der Waals surface area contributed by atoms with Crippen LogP contribution in [-0.4, -0.2) is 17.8 Å². The Morgan fingerprint density at radius 1 is 1.29 bits per heavy atom. The van der Waals surface area contributed by atoms with Crippen molar-refractivity contribution in [2.24, 2.45) is 5.92 Å². The summed E-state index contributed by atoms with van der Waals surface area (Å²) in [5, 5.41) is 13.5. The smallest absolute Gasteiger partial charge is 0.0673 e. The van der Waals surface area contributed by atoms with Crippen LogP contribution >= 0.6 is 0 Å². The standard InChI is InChI=1S/C15H23NO/c1-12(2)10-15(11-17,16-14-8-9-14)13-6-4-3-5-7-13/h3-7,12,14,16-17H,8-11H2,1-2H3. The van der Waals surface area contributed by atoms with Gasteiger partial charge in [0, 0.05) is 6.04 Å². The molecule has 0 amide bonds. The van der Waals surface area contributed by atoms with Crippen molar-refractivity contribution < 1.29 is 5.11 Å². The minimum atomic E-state index is -0.253. The fraction of sp³-hybridized carbons (Fsp3) is 0.600. The second-order valence-corrected chi connectivity index (χ2v) is 5.62. The first-order valence-corrected chi connectivity index (χ1v) is 6.60. The van der Waals surface area contributed by atoms with Gasteiger partial charge >= 0.3 is 0 Å². The van der Waals surface area contributed by atoms with Gasteiger partial charge in [0.15, 0.2) is 0 Å². The summed E-state index contributed by atoms with van der Waals surface area (Å²) < 4.78 is 0. The zero-order chi connectivity index (χ0) is 12.3. The van der Waals surface area contributed by atoms with E-state index in [2.05, 4.69) is 43.4 Å². The molecule has 0 heterocycles. The molecule has 0 aliphatic heterocycles. The van der Waals surface area contributed by atoms with E-state index in [0.29, 0.717) is 12.0 Å². The van der Waals surface area contributed by atoms with Crippen molar-refractivity contribution in [3.8, 4) is 0 Å². The van der Waals surface area contributed by atoms with E-state index in [1.807, 2.05) is 6.07 Å². The van der Waals surface area contributed by atoms with Crippen molar-refractivity contribution in [3.63, 3.8) is 0 Å². The first-order valence-electron chi connectivity index (χ1n) is 6.60. The lowest BCUT2D eigenvalue weighted by atomic mass is 9.82. The zero-order valence-corrected chi connectivity index (χ0v) is 10.8. The molecule has 2 rings (SSSR count). The highest BCUT2D eigenvalue weighted by Crippen LogP contribution is 2.33. The number of rotatable bonds is 6. The third-order valence-electron chi connectivity index (χ3n) is 3.41. The SMILES string of the molecule is CC(C)CC(CO)(NC1CC1)c1ccccc1. The van der Waals surface area contributed by atoms with Crippen LogP contribution in [0.25, 0.3) is 0 Å². The van der Waals surface area contributed by atoms with Crippen LogP contribution in [0.2, 0.25) is 0 Å². The zero-order valence-electron chi connectivity index (χ0n) is 10.8. The van der Waals surface area contributed by atoms with Crippen molar-refractivity contribution in [2.45, 2.75) is 44.7 Å². The minimum absolute atomic E-state index is 0.172. The van der Waals surface area contributed by atoms with E-state index >= 15 is 0 Å². The highest BCUT2D eigenvalue weighted by Gasteiger charge is 2.37. The van der Waals surface area contributed by atoms with Crippen LogP contribution in [-0.2, 0) is 5.54 Å². The van der Waals surface area contributed by atoms with Gasteiger partial charge in [-0.25, -0.2) is 0 Å². The Labute approximate surface area is 104 Å². The molecule has 0 bridgehead atoms. The summed E-state index contributed by atoms with van der Waals surface area (Å²) in [6, 6.07) is 11.0. The molecule has 17 heavy (non-hydrogen) atoms. The minimum Gasteiger partial charge on any atom is -0.394 e. The third kappa shape index (κ3) is 3.08. The Bertz CT molecular complexity index is 339. The summed E-state index contributed by atoms with van der Waals surface area (Å²) in [5.41, 5.74) is 0.958. The Morgan fingerprint density at radius 3 is 2.41 bits per heavy atom. The lowest BCUT2D eigenvalue weighted by Crippen LogP contribution is -2.47. The molecule has 1 saturated carbocycles. The van der Waals surface area contributed by atoms with E-state index < -0.39 is 0 Å². The van der Waals surface area contributed by atoms with Gasteiger partial charge in [-0.2, -0.15) is 0 Å². The molecule has 0 radical (unpaired) electrons. The maximum Gasteiger partial charge on any atom is 0.0673 e. The fourth-order valence-electron chi connectivity index (χ4n) is 2.53. The lowest BCUT2D eigenvalue weighted by molar-refractivity contribution is 0.135.